The molecule has 16 heavy (non-hydrogen) atoms. The first-order chi connectivity index (χ1) is 7.41. The van der Waals surface area contributed by atoms with E-state index in [1.165, 1.54) is 19.1 Å². The lowest BCUT2D eigenvalue weighted by Gasteiger charge is -2.09. The molecule has 5 N–H and O–H groups in total. The van der Waals surface area contributed by atoms with Gasteiger partial charge in [0.1, 0.15) is 5.75 Å². The SMILES string of the molecule is C[C@H](N)C(=O)Nc1cc(C(=O)O)ccc1O. The van der Waals surface area contributed by atoms with Crippen LogP contribution in [0.3, 0.4) is 0 Å². The van der Waals surface area contributed by atoms with Crippen LogP contribution in [0.15, 0.2) is 18.2 Å². The molecule has 0 fully saturated rings. The van der Waals surface area contributed by atoms with Gasteiger partial charge >= 0.3 is 5.97 Å². The molecule has 0 spiro atoms. The monoisotopic (exact) mass is 224 g/mol. The van der Waals surface area contributed by atoms with E-state index >= 15 is 0 Å². The average molecular weight is 224 g/mol. The predicted octanol–water partition coefficient (Wildman–Crippen LogP) is 0.376. The Morgan fingerprint density at radius 3 is 2.56 bits per heavy atom. The van der Waals surface area contributed by atoms with E-state index < -0.39 is 17.9 Å². The first kappa shape index (κ1) is 12.0. The first-order valence-corrected chi connectivity index (χ1v) is 4.54. The maximum Gasteiger partial charge on any atom is 0.335 e. The number of benzene rings is 1. The fraction of sp³-hybridized carbons (Fsp3) is 0.200. The topological polar surface area (TPSA) is 113 Å². The van der Waals surface area contributed by atoms with Crippen molar-refractivity contribution in [1.29, 1.82) is 0 Å². The van der Waals surface area contributed by atoms with Crippen LogP contribution >= 0.6 is 0 Å². The van der Waals surface area contributed by atoms with Crippen LogP contribution in [0.5, 0.6) is 5.75 Å². The molecule has 0 aliphatic rings. The highest BCUT2D eigenvalue weighted by Gasteiger charge is 2.12. The lowest BCUT2D eigenvalue weighted by molar-refractivity contribution is -0.117. The Morgan fingerprint density at radius 2 is 2.06 bits per heavy atom. The summed E-state index contributed by atoms with van der Waals surface area (Å²) in [5, 5.41) is 20.5. The number of amides is 1. The van der Waals surface area contributed by atoms with E-state index in [9.17, 15) is 14.7 Å². The number of carboxylic acids is 1. The summed E-state index contributed by atoms with van der Waals surface area (Å²) < 4.78 is 0. The van der Waals surface area contributed by atoms with Crippen LogP contribution in [0.25, 0.3) is 0 Å². The molecule has 1 aromatic carbocycles. The second-order valence-electron chi connectivity index (χ2n) is 3.32. The maximum atomic E-state index is 11.3. The molecule has 0 aliphatic carbocycles. The molecule has 6 nitrogen and oxygen atoms in total. The molecular formula is C10H12N2O4. The van der Waals surface area contributed by atoms with Crippen molar-refractivity contribution in [3.8, 4) is 5.75 Å². The number of nitrogens with two attached hydrogens (primary N) is 1. The van der Waals surface area contributed by atoms with Gasteiger partial charge in [0.2, 0.25) is 5.91 Å². The van der Waals surface area contributed by atoms with Crippen LogP contribution in [0.2, 0.25) is 0 Å². The van der Waals surface area contributed by atoms with E-state index in [1.54, 1.807) is 0 Å². The van der Waals surface area contributed by atoms with Crippen molar-refractivity contribution >= 4 is 17.6 Å². The number of hydrogen-bond donors (Lipinski definition) is 4. The van der Waals surface area contributed by atoms with E-state index in [0.29, 0.717) is 0 Å². The van der Waals surface area contributed by atoms with Gasteiger partial charge in [-0.1, -0.05) is 0 Å². The lowest BCUT2D eigenvalue weighted by Crippen LogP contribution is -2.32. The van der Waals surface area contributed by atoms with Gasteiger partial charge < -0.3 is 21.3 Å². The molecule has 0 aliphatic heterocycles. The van der Waals surface area contributed by atoms with E-state index in [-0.39, 0.29) is 17.0 Å². The van der Waals surface area contributed by atoms with Crippen molar-refractivity contribution in [3.63, 3.8) is 0 Å². The number of carboxylic acid groups (broad SMARTS) is 1. The van der Waals surface area contributed by atoms with Gasteiger partial charge in [-0.3, -0.25) is 4.79 Å². The highest BCUT2D eigenvalue weighted by Crippen LogP contribution is 2.24. The summed E-state index contributed by atoms with van der Waals surface area (Å²) in [6.45, 7) is 1.48. The van der Waals surface area contributed by atoms with Crippen molar-refractivity contribution in [2.45, 2.75) is 13.0 Å². The fourth-order valence-electron chi connectivity index (χ4n) is 1.02. The summed E-state index contributed by atoms with van der Waals surface area (Å²) in [7, 11) is 0. The summed E-state index contributed by atoms with van der Waals surface area (Å²) in [6.07, 6.45) is 0. The Bertz CT molecular complexity index is 429. The van der Waals surface area contributed by atoms with Gasteiger partial charge in [-0.05, 0) is 25.1 Å². The number of phenolic OH excluding ortho intramolecular Hbond substituents is 1. The number of hydrogen-bond acceptors (Lipinski definition) is 4. The summed E-state index contributed by atoms with van der Waals surface area (Å²) in [5.41, 5.74) is 5.32. The van der Waals surface area contributed by atoms with Crippen LogP contribution in [0.1, 0.15) is 17.3 Å². The molecule has 0 heterocycles. The smallest absolute Gasteiger partial charge is 0.335 e. The number of phenols is 1. The van der Waals surface area contributed by atoms with Crippen LogP contribution in [0.4, 0.5) is 5.69 Å². The molecular weight excluding hydrogens is 212 g/mol. The van der Waals surface area contributed by atoms with E-state index in [2.05, 4.69) is 5.32 Å². The normalized spacial score (nSPS) is 11.9. The second-order valence-corrected chi connectivity index (χ2v) is 3.32. The number of rotatable bonds is 3. The molecule has 0 saturated heterocycles. The zero-order valence-corrected chi connectivity index (χ0v) is 8.60. The van der Waals surface area contributed by atoms with Gasteiger partial charge in [-0.2, -0.15) is 0 Å². The minimum atomic E-state index is -1.14. The summed E-state index contributed by atoms with van der Waals surface area (Å²) >= 11 is 0. The Labute approximate surface area is 91.7 Å². The first-order valence-electron chi connectivity index (χ1n) is 4.54. The molecule has 6 heteroatoms. The Kier molecular flexibility index (Phi) is 3.47. The summed E-state index contributed by atoms with van der Waals surface area (Å²) in [5.74, 6) is -1.85. The molecule has 0 bridgehead atoms. The zero-order valence-electron chi connectivity index (χ0n) is 8.60. The second kappa shape index (κ2) is 4.63. The van der Waals surface area contributed by atoms with Gasteiger partial charge in [0.25, 0.3) is 0 Å². The third kappa shape index (κ3) is 2.71. The van der Waals surface area contributed by atoms with Crippen molar-refractivity contribution < 1.29 is 19.8 Å². The van der Waals surface area contributed by atoms with Crippen LogP contribution in [-0.2, 0) is 4.79 Å². The number of nitrogens with one attached hydrogen (secondary N) is 1. The Hall–Kier alpha value is -2.08. The van der Waals surface area contributed by atoms with Crippen molar-refractivity contribution in [2.24, 2.45) is 5.73 Å². The van der Waals surface area contributed by atoms with Crippen molar-refractivity contribution in [2.75, 3.05) is 5.32 Å². The molecule has 1 rings (SSSR count). The predicted molar refractivity (Wildman–Crippen MR) is 57.3 cm³/mol. The maximum absolute atomic E-state index is 11.3. The number of aromatic hydroxyl groups is 1. The minimum Gasteiger partial charge on any atom is -0.506 e. The van der Waals surface area contributed by atoms with Crippen molar-refractivity contribution in [1.82, 2.24) is 0 Å². The number of anilines is 1. The molecule has 0 unspecified atom stereocenters. The zero-order chi connectivity index (χ0) is 12.3. The largest absolute Gasteiger partial charge is 0.506 e. The van der Waals surface area contributed by atoms with E-state index in [1.807, 2.05) is 0 Å². The van der Waals surface area contributed by atoms with Gasteiger partial charge in [-0.25, -0.2) is 4.79 Å². The average Bonchev–Trinajstić information content (AvgIpc) is 2.20. The van der Waals surface area contributed by atoms with E-state index in [4.69, 9.17) is 10.8 Å². The third-order valence-corrected chi connectivity index (χ3v) is 1.91. The summed E-state index contributed by atoms with van der Waals surface area (Å²) in [4.78, 5) is 21.9. The molecule has 1 atom stereocenters. The molecule has 0 radical (unpaired) electrons. The number of aromatic carboxylic acids is 1. The van der Waals surface area contributed by atoms with E-state index in [0.717, 1.165) is 6.07 Å². The van der Waals surface area contributed by atoms with Crippen LogP contribution in [0, 0.1) is 0 Å². The molecule has 1 amide bonds. The fourth-order valence-corrected chi connectivity index (χ4v) is 1.02. The van der Waals surface area contributed by atoms with Crippen LogP contribution < -0.4 is 11.1 Å². The number of carbonyl (C=O) groups is 2. The summed E-state index contributed by atoms with van der Waals surface area (Å²) in [6, 6.07) is 2.85. The quantitative estimate of drug-likeness (QED) is 0.554. The van der Waals surface area contributed by atoms with Crippen molar-refractivity contribution in [3.05, 3.63) is 23.8 Å². The highest BCUT2D eigenvalue weighted by molar-refractivity contribution is 5.97. The Morgan fingerprint density at radius 1 is 1.44 bits per heavy atom. The van der Waals surface area contributed by atoms with Gasteiger partial charge in [-0.15, -0.1) is 0 Å². The van der Waals surface area contributed by atoms with Gasteiger partial charge in [0, 0.05) is 0 Å². The lowest BCUT2D eigenvalue weighted by atomic mass is 10.2. The highest BCUT2D eigenvalue weighted by atomic mass is 16.4. The minimum absolute atomic E-state index is 0.0298. The molecule has 1 aromatic rings. The third-order valence-electron chi connectivity index (χ3n) is 1.91. The molecule has 0 aromatic heterocycles. The Balaban J connectivity index is 2.99. The number of carbonyl (C=O) groups excluding carboxylic acids is 1. The van der Waals surface area contributed by atoms with Gasteiger partial charge in [0.05, 0.1) is 17.3 Å². The standard InChI is InChI=1S/C10H12N2O4/c1-5(11)9(14)12-7-4-6(10(15)16)2-3-8(7)13/h2-5,13H,11H2,1H3,(H,12,14)(H,15,16)/t5-/m0/s1. The van der Waals surface area contributed by atoms with Gasteiger partial charge in [0.15, 0.2) is 0 Å². The molecule has 86 valence electrons. The van der Waals surface area contributed by atoms with Crippen LogP contribution in [-0.4, -0.2) is 28.1 Å². The molecule has 0 saturated carbocycles.